The van der Waals surface area contributed by atoms with Crippen LogP contribution in [0.5, 0.6) is 0 Å². The third-order valence-corrected chi connectivity index (χ3v) is 1.63. The Bertz CT molecular complexity index is 183. The van der Waals surface area contributed by atoms with E-state index in [9.17, 15) is 4.79 Å². The third kappa shape index (κ3) is 8.86. The number of nitrogens with one attached hydrogen (secondary N) is 1. The van der Waals surface area contributed by atoms with Gasteiger partial charge in [0.05, 0.1) is 0 Å². The molecular formula is C11H19NO. The van der Waals surface area contributed by atoms with Gasteiger partial charge in [-0.2, -0.15) is 0 Å². The molecular weight excluding hydrogens is 162 g/mol. The molecule has 0 heterocycles. The van der Waals surface area contributed by atoms with Crippen LogP contribution in [0.3, 0.4) is 0 Å². The smallest absolute Gasteiger partial charge is 0.243 e. The minimum absolute atomic E-state index is 0.00537. The van der Waals surface area contributed by atoms with Crippen molar-refractivity contribution in [3.63, 3.8) is 0 Å². The van der Waals surface area contributed by atoms with Crippen LogP contribution < -0.4 is 5.32 Å². The zero-order chi connectivity index (χ0) is 9.94. The molecule has 0 bridgehead atoms. The van der Waals surface area contributed by atoms with Gasteiger partial charge in [-0.25, -0.2) is 0 Å². The summed E-state index contributed by atoms with van der Waals surface area (Å²) in [4.78, 5) is 11.0. The molecule has 0 atom stereocenters. The number of rotatable bonds is 6. The lowest BCUT2D eigenvalue weighted by molar-refractivity contribution is -0.116. The van der Waals surface area contributed by atoms with Crippen LogP contribution in [-0.2, 0) is 4.79 Å². The predicted octanol–water partition coefficient (Wildman–Crippen LogP) is 2.43. The average Bonchev–Trinajstić information content (AvgIpc) is 2.13. The fraction of sp³-hybridized carbons (Fsp3) is 0.545. The lowest BCUT2D eigenvalue weighted by Gasteiger charge is -1.99. The number of allylic oxidation sites excluding steroid dienone is 3. The second kappa shape index (κ2) is 9.04. The highest BCUT2D eigenvalue weighted by molar-refractivity contribution is 5.87. The van der Waals surface area contributed by atoms with Crippen molar-refractivity contribution in [2.75, 3.05) is 6.54 Å². The summed E-state index contributed by atoms with van der Waals surface area (Å²) in [6, 6.07) is 0. The van der Waals surface area contributed by atoms with E-state index in [1.165, 1.54) is 12.8 Å². The summed E-state index contributed by atoms with van der Waals surface area (Å²) in [5, 5.41) is 2.82. The number of unbranched alkanes of at least 4 members (excludes halogenated alkanes) is 2. The lowest BCUT2D eigenvalue weighted by Crippen LogP contribution is -2.21. The van der Waals surface area contributed by atoms with Gasteiger partial charge in [-0.05, 0) is 13.3 Å². The first kappa shape index (κ1) is 11.9. The van der Waals surface area contributed by atoms with Crippen molar-refractivity contribution in [3.8, 4) is 0 Å². The van der Waals surface area contributed by atoms with E-state index < -0.39 is 0 Å². The maximum Gasteiger partial charge on any atom is 0.243 e. The molecule has 0 aliphatic rings. The van der Waals surface area contributed by atoms with Crippen LogP contribution in [0, 0.1) is 0 Å². The van der Waals surface area contributed by atoms with Crippen LogP contribution >= 0.6 is 0 Å². The highest BCUT2D eigenvalue weighted by Crippen LogP contribution is 1.90. The van der Waals surface area contributed by atoms with Crippen LogP contribution in [0.15, 0.2) is 24.3 Å². The van der Waals surface area contributed by atoms with Crippen molar-refractivity contribution in [2.45, 2.75) is 33.1 Å². The highest BCUT2D eigenvalue weighted by Gasteiger charge is 1.91. The highest BCUT2D eigenvalue weighted by atomic mass is 16.1. The number of carbonyl (C=O) groups is 1. The Morgan fingerprint density at radius 2 is 2.08 bits per heavy atom. The molecule has 0 rings (SSSR count). The van der Waals surface area contributed by atoms with E-state index in [0.717, 1.165) is 13.0 Å². The van der Waals surface area contributed by atoms with E-state index >= 15 is 0 Å². The number of hydrogen-bond donors (Lipinski definition) is 1. The standard InChI is InChI=1S/C11H19NO/c1-3-5-7-9-11(13)12-10-8-6-4-2/h3,5,7,9H,4,6,8,10H2,1-2H3,(H,12,13)/b5-3+,9-7+. The van der Waals surface area contributed by atoms with Gasteiger partial charge < -0.3 is 5.32 Å². The molecule has 1 N–H and O–H groups in total. The zero-order valence-electron chi connectivity index (χ0n) is 8.55. The van der Waals surface area contributed by atoms with Gasteiger partial charge in [-0.15, -0.1) is 0 Å². The van der Waals surface area contributed by atoms with Crippen molar-refractivity contribution >= 4 is 5.91 Å². The van der Waals surface area contributed by atoms with Crippen LogP contribution in [0.4, 0.5) is 0 Å². The molecule has 2 nitrogen and oxygen atoms in total. The van der Waals surface area contributed by atoms with Crippen LogP contribution in [0.2, 0.25) is 0 Å². The molecule has 0 spiro atoms. The molecule has 0 aromatic carbocycles. The minimum Gasteiger partial charge on any atom is -0.353 e. The zero-order valence-corrected chi connectivity index (χ0v) is 8.55. The average molecular weight is 181 g/mol. The van der Waals surface area contributed by atoms with Gasteiger partial charge in [0.2, 0.25) is 5.91 Å². The SMILES string of the molecule is C/C=C/C=C/C(=O)NCCCCC. The van der Waals surface area contributed by atoms with E-state index in [1.54, 1.807) is 12.2 Å². The van der Waals surface area contributed by atoms with E-state index in [2.05, 4.69) is 12.2 Å². The van der Waals surface area contributed by atoms with Gasteiger partial charge >= 0.3 is 0 Å². The summed E-state index contributed by atoms with van der Waals surface area (Å²) < 4.78 is 0. The Morgan fingerprint density at radius 3 is 2.69 bits per heavy atom. The molecule has 0 saturated carbocycles. The number of hydrogen-bond acceptors (Lipinski definition) is 1. The van der Waals surface area contributed by atoms with Crippen molar-refractivity contribution in [1.29, 1.82) is 0 Å². The van der Waals surface area contributed by atoms with Crippen molar-refractivity contribution in [2.24, 2.45) is 0 Å². The van der Waals surface area contributed by atoms with Crippen LogP contribution in [0.25, 0.3) is 0 Å². The molecule has 0 radical (unpaired) electrons. The summed E-state index contributed by atoms with van der Waals surface area (Å²) in [6.45, 7) is 4.85. The summed E-state index contributed by atoms with van der Waals surface area (Å²) in [6.07, 6.45) is 10.5. The van der Waals surface area contributed by atoms with Crippen molar-refractivity contribution < 1.29 is 4.79 Å². The summed E-state index contributed by atoms with van der Waals surface area (Å²) in [5.74, 6) is -0.00537. The second-order valence-electron chi connectivity index (χ2n) is 2.88. The molecule has 13 heavy (non-hydrogen) atoms. The molecule has 2 heteroatoms. The molecule has 0 aromatic rings. The van der Waals surface area contributed by atoms with E-state index in [1.807, 2.05) is 19.1 Å². The van der Waals surface area contributed by atoms with E-state index in [4.69, 9.17) is 0 Å². The molecule has 0 saturated heterocycles. The van der Waals surface area contributed by atoms with Gasteiger partial charge in [-0.1, -0.05) is 38.0 Å². The fourth-order valence-corrected chi connectivity index (χ4v) is 0.900. The quantitative estimate of drug-likeness (QED) is 0.380. The second-order valence-corrected chi connectivity index (χ2v) is 2.88. The fourth-order valence-electron chi connectivity index (χ4n) is 0.900. The largest absolute Gasteiger partial charge is 0.353 e. The van der Waals surface area contributed by atoms with E-state index in [0.29, 0.717) is 0 Å². The topological polar surface area (TPSA) is 29.1 Å². The van der Waals surface area contributed by atoms with E-state index in [-0.39, 0.29) is 5.91 Å². The molecule has 0 aromatic heterocycles. The molecule has 0 fully saturated rings. The number of carbonyl (C=O) groups excluding carboxylic acids is 1. The molecule has 1 amide bonds. The first-order chi connectivity index (χ1) is 6.31. The summed E-state index contributed by atoms with van der Waals surface area (Å²) in [5.41, 5.74) is 0. The Kier molecular flexibility index (Phi) is 8.31. The Balaban J connectivity index is 3.40. The van der Waals surface area contributed by atoms with Gasteiger partial charge in [0, 0.05) is 12.6 Å². The maximum absolute atomic E-state index is 11.0. The van der Waals surface area contributed by atoms with Gasteiger partial charge in [0.15, 0.2) is 0 Å². The van der Waals surface area contributed by atoms with Gasteiger partial charge in [0.1, 0.15) is 0 Å². The molecule has 0 unspecified atom stereocenters. The summed E-state index contributed by atoms with van der Waals surface area (Å²) in [7, 11) is 0. The monoisotopic (exact) mass is 181 g/mol. The molecule has 0 aliphatic carbocycles. The van der Waals surface area contributed by atoms with Gasteiger partial charge in [-0.3, -0.25) is 4.79 Å². The van der Waals surface area contributed by atoms with Crippen LogP contribution in [-0.4, -0.2) is 12.5 Å². The minimum atomic E-state index is -0.00537. The third-order valence-electron chi connectivity index (χ3n) is 1.63. The summed E-state index contributed by atoms with van der Waals surface area (Å²) >= 11 is 0. The van der Waals surface area contributed by atoms with Crippen molar-refractivity contribution in [1.82, 2.24) is 5.32 Å². The van der Waals surface area contributed by atoms with Gasteiger partial charge in [0.25, 0.3) is 0 Å². The first-order valence-electron chi connectivity index (χ1n) is 4.88. The Morgan fingerprint density at radius 1 is 1.31 bits per heavy atom. The van der Waals surface area contributed by atoms with Crippen molar-refractivity contribution in [3.05, 3.63) is 24.3 Å². The first-order valence-corrected chi connectivity index (χ1v) is 4.88. The number of amides is 1. The molecule has 0 aliphatic heterocycles. The Labute approximate surface area is 80.7 Å². The lowest BCUT2D eigenvalue weighted by atomic mass is 10.2. The Hall–Kier alpha value is -1.05. The predicted molar refractivity (Wildman–Crippen MR) is 56.5 cm³/mol. The normalized spacial score (nSPS) is 11.2. The van der Waals surface area contributed by atoms with Crippen LogP contribution in [0.1, 0.15) is 33.1 Å². The molecule has 74 valence electrons. The maximum atomic E-state index is 11.0.